The predicted octanol–water partition coefficient (Wildman–Crippen LogP) is -0.240. The zero-order chi connectivity index (χ0) is 10.9. The molecule has 0 aliphatic carbocycles. The van der Waals surface area contributed by atoms with E-state index in [1.807, 2.05) is 0 Å². The summed E-state index contributed by atoms with van der Waals surface area (Å²) >= 11 is 0. The lowest BCUT2D eigenvalue weighted by molar-refractivity contribution is -0.144. The van der Waals surface area contributed by atoms with Gasteiger partial charge in [-0.1, -0.05) is 0 Å². The Labute approximate surface area is 71.2 Å². The third-order valence-electron chi connectivity index (χ3n) is 0.816. The zero-order valence-corrected chi connectivity index (χ0v) is 7.02. The largest absolute Gasteiger partial charge is 0.534 e. The number of rotatable bonds is 2. The first-order chi connectivity index (χ1) is 5.58. The van der Waals surface area contributed by atoms with E-state index in [1.165, 1.54) is 0 Å². The van der Waals surface area contributed by atoms with Crippen molar-refractivity contribution in [3.05, 3.63) is 0 Å². The fraction of sp³-hybridized carbons (Fsp3) is 0.750. The van der Waals surface area contributed by atoms with Crippen molar-refractivity contribution >= 4 is 16.1 Å². The Bertz CT molecular complexity index is 289. The van der Waals surface area contributed by atoms with E-state index < -0.39 is 27.7 Å². The predicted molar refractivity (Wildman–Crippen MR) is 32.7 cm³/mol. The fourth-order valence-electron chi connectivity index (χ4n) is 0.225. The van der Waals surface area contributed by atoms with Crippen molar-refractivity contribution in [2.24, 2.45) is 0 Å². The molecule has 0 radical (unpaired) electrons. The van der Waals surface area contributed by atoms with Crippen molar-refractivity contribution in [1.82, 2.24) is 0 Å². The first-order valence-corrected chi connectivity index (χ1v) is 4.21. The van der Waals surface area contributed by atoms with Crippen LogP contribution < -0.4 is 0 Å². The quantitative estimate of drug-likeness (QED) is 0.515. The van der Waals surface area contributed by atoms with E-state index in [-0.39, 0.29) is 0 Å². The van der Waals surface area contributed by atoms with E-state index in [4.69, 9.17) is 5.11 Å². The van der Waals surface area contributed by atoms with Crippen LogP contribution in [0.5, 0.6) is 0 Å². The SMILES string of the molecule is C[C@H](O)C(=O)OS(=O)(=O)C(F)(F)F. The molecular formula is C4H5F3O5S. The van der Waals surface area contributed by atoms with E-state index >= 15 is 0 Å². The molecule has 0 aromatic heterocycles. The number of carbonyl (C=O) groups is 1. The van der Waals surface area contributed by atoms with Crippen LogP contribution in [0, 0.1) is 0 Å². The van der Waals surface area contributed by atoms with E-state index in [2.05, 4.69) is 4.18 Å². The minimum Gasteiger partial charge on any atom is -0.382 e. The van der Waals surface area contributed by atoms with Crippen LogP contribution in [0.1, 0.15) is 6.92 Å². The van der Waals surface area contributed by atoms with Crippen LogP contribution in [-0.4, -0.2) is 31.1 Å². The van der Waals surface area contributed by atoms with Gasteiger partial charge in [-0.05, 0) is 6.92 Å². The van der Waals surface area contributed by atoms with Crippen LogP contribution >= 0.6 is 0 Å². The van der Waals surface area contributed by atoms with Crippen molar-refractivity contribution in [3.63, 3.8) is 0 Å². The summed E-state index contributed by atoms with van der Waals surface area (Å²) in [6, 6.07) is 0. The maximum absolute atomic E-state index is 11.5. The van der Waals surface area contributed by atoms with Crippen LogP contribution in [0.3, 0.4) is 0 Å². The third-order valence-corrected chi connectivity index (χ3v) is 1.77. The molecule has 0 aliphatic rings. The Morgan fingerprint density at radius 2 is 1.85 bits per heavy atom. The summed E-state index contributed by atoms with van der Waals surface area (Å²) in [5.41, 5.74) is -5.67. The van der Waals surface area contributed by atoms with Gasteiger partial charge >= 0.3 is 21.6 Å². The topological polar surface area (TPSA) is 80.7 Å². The molecular weight excluding hydrogens is 217 g/mol. The number of hydrogen-bond donors (Lipinski definition) is 1. The fourth-order valence-corrected chi connectivity index (χ4v) is 0.675. The molecule has 0 fully saturated rings. The van der Waals surface area contributed by atoms with Gasteiger partial charge in [0.2, 0.25) is 0 Å². The molecule has 78 valence electrons. The Balaban J connectivity index is 4.65. The highest BCUT2D eigenvalue weighted by atomic mass is 32.2. The molecule has 1 atom stereocenters. The van der Waals surface area contributed by atoms with Crippen LogP contribution in [0.4, 0.5) is 13.2 Å². The van der Waals surface area contributed by atoms with Gasteiger partial charge in [0, 0.05) is 0 Å². The summed E-state index contributed by atoms with van der Waals surface area (Å²) in [5, 5.41) is 8.34. The summed E-state index contributed by atoms with van der Waals surface area (Å²) in [6.45, 7) is 0.772. The van der Waals surface area contributed by atoms with Crippen molar-refractivity contribution in [2.45, 2.75) is 18.5 Å². The smallest absolute Gasteiger partial charge is 0.382 e. The van der Waals surface area contributed by atoms with Gasteiger partial charge in [-0.15, -0.1) is 0 Å². The summed E-state index contributed by atoms with van der Waals surface area (Å²) in [7, 11) is -5.95. The van der Waals surface area contributed by atoms with Crippen LogP contribution in [0.2, 0.25) is 0 Å². The molecule has 0 saturated carbocycles. The van der Waals surface area contributed by atoms with Gasteiger partial charge in [-0.3, -0.25) is 0 Å². The van der Waals surface area contributed by atoms with E-state index in [0.717, 1.165) is 6.92 Å². The molecule has 0 unspecified atom stereocenters. The van der Waals surface area contributed by atoms with Gasteiger partial charge in [0.15, 0.2) is 0 Å². The number of aliphatic hydroxyl groups is 1. The molecule has 0 saturated heterocycles. The highest BCUT2D eigenvalue weighted by Crippen LogP contribution is 2.24. The maximum Gasteiger partial charge on any atom is 0.534 e. The summed E-state index contributed by atoms with van der Waals surface area (Å²) in [5.74, 6) is -1.88. The second-order valence-electron chi connectivity index (χ2n) is 1.98. The van der Waals surface area contributed by atoms with Crippen LogP contribution in [-0.2, 0) is 19.1 Å². The van der Waals surface area contributed by atoms with Gasteiger partial charge in [0.1, 0.15) is 6.10 Å². The lowest BCUT2D eigenvalue weighted by Crippen LogP contribution is -2.31. The van der Waals surface area contributed by atoms with E-state index in [0.29, 0.717) is 0 Å². The number of hydrogen-bond acceptors (Lipinski definition) is 5. The average molecular weight is 222 g/mol. The Kier molecular flexibility index (Phi) is 3.28. The minimum atomic E-state index is -5.95. The first-order valence-electron chi connectivity index (χ1n) is 2.80. The summed E-state index contributed by atoms with van der Waals surface area (Å²) in [4.78, 5) is 10.3. The molecule has 0 rings (SSSR count). The second-order valence-corrected chi connectivity index (χ2v) is 3.52. The van der Waals surface area contributed by atoms with Gasteiger partial charge < -0.3 is 9.29 Å². The normalized spacial score (nSPS) is 15.2. The maximum atomic E-state index is 11.5. The van der Waals surface area contributed by atoms with Crippen molar-refractivity contribution in [1.29, 1.82) is 0 Å². The Hall–Kier alpha value is -0.830. The number of carbonyl (C=O) groups excluding carboxylic acids is 1. The van der Waals surface area contributed by atoms with E-state index in [1.54, 1.807) is 0 Å². The molecule has 0 aromatic carbocycles. The molecule has 13 heavy (non-hydrogen) atoms. The van der Waals surface area contributed by atoms with Crippen molar-refractivity contribution < 1.29 is 35.7 Å². The molecule has 0 spiro atoms. The molecule has 0 heterocycles. The molecule has 5 nitrogen and oxygen atoms in total. The lowest BCUT2D eigenvalue weighted by Gasteiger charge is -2.08. The Morgan fingerprint density at radius 3 is 2.08 bits per heavy atom. The lowest BCUT2D eigenvalue weighted by atomic mass is 10.4. The number of aliphatic hydroxyl groups excluding tert-OH is 1. The van der Waals surface area contributed by atoms with Gasteiger partial charge in [-0.25, -0.2) is 4.79 Å². The van der Waals surface area contributed by atoms with E-state index in [9.17, 15) is 26.4 Å². The van der Waals surface area contributed by atoms with Crippen LogP contribution in [0.25, 0.3) is 0 Å². The van der Waals surface area contributed by atoms with Crippen LogP contribution in [0.15, 0.2) is 0 Å². The molecule has 9 heteroatoms. The van der Waals surface area contributed by atoms with Crippen molar-refractivity contribution in [3.8, 4) is 0 Å². The second kappa shape index (κ2) is 3.50. The molecule has 0 aliphatic heterocycles. The molecule has 1 N–H and O–H groups in total. The van der Waals surface area contributed by atoms with Gasteiger partial charge in [0.25, 0.3) is 0 Å². The average Bonchev–Trinajstić information content (AvgIpc) is 1.83. The zero-order valence-electron chi connectivity index (χ0n) is 6.20. The van der Waals surface area contributed by atoms with Gasteiger partial charge in [0.05, 0.1) is 0 Å². The Morgan fingerprint density at radius 1 is 1.46 bits per heavy atom. The highest BCUT2D eigenvalue weighted by molar-refractivity contribution is 7.88. The van der Waals surface area contributed by atoms with Crippen molar-refractivity contribution in [2.75, 3.05) is 0 Å². The highest BCUT2D eigenvalue weighted by Gasteiger charge is 2.49. The van der Waals surface area contributed by atoms with Gasteiger partial charge in [-0.2, -0.15) is 21.6 Å². The summed E-state index contributed by atoms with van der Waals surface area (Å²) < 4.78 is 57.7. The molecule has 0 bridgehead atoms. The first kappa shape index (κ1) is 12.2. The minimum absolute atomic E-state index is 0.772. The molecule has 0 amide bonds. The molecule has 0 aromatic rings. The number of alkyl halides is 3. The number of halogens is 3. The monoisotopic (exact) mass is 222 g/mol. The third kappa shape index (κ3) is 3.19. The summed E-state index contributed by atoms with van der Waals surface area (Å²) in [6.07, 6.45) is -1.93. The standard InChI is InChI=1S/C4H5F3O5S/c1-2(8)3(9)12-13(10,11)4(5,6)7/h2,8H,1H3/t2-/m0/s1.